The van der Waals surface area contributed by atoms with E-state index >= 15 is 0 Å². The van der Waals surface area contributed by atoms with Gasteiger partial charge in [0.2, 0.25) is 0 Å². The Kier molecular flexibility index (Phi) is 2.76. The van der Waals surface area contributed by atoms with Gasteiger partial charge in [0.15, 0.2) is 0 Å². The van der Waals surface area contributed by atoms with E-state index in [0.717, 1.165) is 5.82 Å². The van der Waals surface area contributed by atoms with Crippen LogP contribution in [0, 0.1) is 0 Å². The third-order valence-electron chi connectivity index (χ3n) is 2.26. The van der Waals surface area contributed by atoms with E-state index < -0.39 is 0 Å². The van der Waals surface area contributed by atoms with Crippen LogP contribution in [0.3, 0.4) is 0 Å². The van der Waals surface area contributed by atoms with Crippen LogP contribution in [-0.4, -0.2) is 31.6 Å². The largest absolute Gasteiger partial charge is 0.375 e. The summed E-state index contributed by atoms with van der Waals surface area (Å²) in [5.41, 5.74) is 6.77. The van der Waals surface area contributed by atoms with Crippen molar-refractivity contribution in [2.75, 3.05) is 20.6 Å². The van der Waals surface area contributed by atoms with Gasteiger partial charge in [-0.05, 0) is 18.6 Å². The smallest absolute Gasteiger partial charge is 0.102 e. The van der Waals surface area contributed by atoms with Crippen molar-refractivity contribution in [1.82, 2.24) is 10.2 Å². The van der Waals surface area contributed by atoms with E-state index in [1.807, 2.05) is 7.05 Å². The number of rotatable bonds is 2. The van der Waals surface area contributed by atoms with Crippen LogP contribution in [0.15, 0.2) is 23.5 Å². The second-order valence-corrected chi connectivity index (χ2v) is 3.08. The highest BCUT2D eigenvalue weighted by Gasteiger charge is 2.14. The Morgan fingerprint density at radius 3 is 2.83 bits per heavy atom. The van der Waals surface area contributed by atoms with E-state index in [-0.39, 0.29) is 0 Å². The first-order valence-corrected chi connectivity index (χ1v) is 4.22. The molecule has 68 valence electrons. The van der Waals surface area contributed by atoms with Gasteiger partial charge in [0, 0.05) is 26.7 Å². The van der Waals surface area contributed by atoms with Crippen molar-refractivity contribution in [2.24, 2.45) is 5.73 Å². The third-order valence-corrected chi connectivity index (χ3v) is 2.26. The van der Waals surface area contributed by atoms with Gasteiger partial charge >= 0.3 is 0 Å². The van der Waals surface area contributed by atoms with Crippen molar-refractivity contribution in [3.05, 3.63) is 23.5 Å². The van der Waals surface area contributed by atoms with Gasteiger partial charge in [-0.15, -0.1) is 0 Å². The maximum atomic E-state index is 5.57. The van der Waals surface area contributed by atoms with E-state index in [1.165, 1.54) is 5.57 Å². The van der Waals surface area contributed by atoms with Crippen molar-refractivity contribution in [2.45, 2.75) is 13.0 Å². The topological polar surface area (TPSA) is 41.3 Å². The van der Waals surface area contributed by atoms with Crippen LogP contribution in [0.5, 0.6) is 0 Å². The van der Waals surface area contributed by atoms with E-state index in [0.29, 0.717) is 12.6 Å². The number of nitrogens with two attached hydrogens (primary N) is 1. The van der Waals surface area contributed by atoms with Crippen LogP contribution in [0.25, 0.3) is 0 Å². The molecule has 0 bridgehead atoms. The maximum absolute atomic E-state index is 5.57. The monoisotopic (exact) mass is 167 g/mol. The van der Waals surface area contributed by atoms with Gasteiger partial charge < -0.3 is 16.0 Å². The molecule has 0 saturated carbocycles. The standard InChI is InChI=1S/C9H17N3/c1-7-4-8(6-10)5-9(11-2)12(7)3/h4-5,7,11H,6,10H2,1-3H3. The molecule has 0 aromatic heterocycles. The molecule has 0 radical (unpaired) electrons. The van der Waals surface area contributed by atoms with Crippen LogP contribution < -0.4 is 11.1 Å². The molecule has 0 aliphatic carbocycles. The molecular weight excluding hydrogens is 150 g/mol. The highest BCUT2D eigenvalue weighted by atomic mass is 15.2. The van der Waals surface area contributed by atoms with Crippen molar-refractivity contribution >= 4 is 0 Å². The average molecular weight is 167 g/mol. The zero-order valence-corrected chi connectivity index (χ0v) is 7.96. The minimum absolute atomic E-state index is 0.427. The fraction of sp³-hybridized carbons (Fsp3) is 0.556. The van der Waals surface area contributed by atoms with Crippen LogP contribution in [0.1, 0.15) is 6.92 Å². The number of likely N-dealkylation sites (N-methyl/N-ethyl adjacent to an activating group) is 1. The fourth-order valence-corrected chi connectivity index (χ4v) is 1.34. The second kappa shape index (κ2) is 3.63. The molecule has 0 saturated heterocycles. The number of hydrogen-bond donors (Lipinski definition) is 2. The van der Waals surface area contributed by atoms with Gasteiger partial charge in [-0.25, -0.2) is 0 Å². The first kappa shape index (κ1) is 9.13. The predicted octanol–water partition coefficient (Wildman–Crippen LogP) is 0.266. The zero-order chi connectivity index (χ0) is 9.14. The Hall–Kier alpha value is -0.960. The number of nitrogens with zero attached hydrogens (tertiary/aromatic N) is 1. The molecule has 3 N–H and O–H groups in total. The fourth-order valence-electron chi connectivity index (χ4n) is 1.34. The molecule has 0 fully saturated rings. The summed E-state index contributed by atoms with van der Waals surface area (Å²) in [6, 6.07) is 0.427. The second-order valence-electron chi connectivity index (χ2n) is 3.08. The van der Waals surface area contributed by atoms with E-state index in [4.69, 9.17) is 5.73 Å². The minimum Gasteiger partial charge on any atom is -0.375 e. The molecule has 1 heterocycles. The zero-order valence-electron chi connectivity index (χ0n) is 7.96. The maximum Gasteiger partial charge on any atom is 0.102 e. The molecule has 1 aliphatic heterocycles. The summed E-state index contributed by atoms with van der Waals surface area (Å²) in [6.07, 6.45) is 4.26. The quantitative estimate of drug-likeness (QED) is 0.620. The normalized spacial score (nSPS) is 23.3. The Balaban J connectivity index is 2.84. The molecule has 0 aromatic carbocycles. The van der Waals surface area contributed by atoms with E-state index in [9.17, 15) is 0 Å². The van der Waals surface area contributed by atoms with Gasteiger partial charge in [0.25, 0.3) is 0 Å². The van der Waals surface area contributed by atoms with Gasteiger partial charge in [0.1, 0.15) is 5.82 Å². The number of hydrogen-bond acceptors (Lipinski definition) is 3. The van der Waals surface area contributed by atoms with Crippen molar-refractivity contribution in [1.29, 1.82) is 0 Å². The first-order chi connectivity index (χ1) is 5.69. The Labute approximate surface area is 73.9 Å². The summed E-state index contributed by atoms with van der Waals surface area (Å²) in [5, 5.41) is 3.14. The molecule has 12 heavy (non-hydrogen) atoms. The molecule has 3 nitrogen and oxygen atoms in total. The summed E-state index contributed by atoms with van der Waals surface area (Å²) in [6.45, 7) is 2.77. The molecule has 1 aliphatic rings. The van der Waals surface area contributed by atoms with Crippen LogP contribution in [-0.2, 0) is 0 Å². The van der Waals surface area contributed by atoms with Gasteiger partial charge in [-0.2, -0.15) is 0 Å². The molecule has 0 amide bonds. The van der Waals surface area contributed by atoms with Crippen LogP contribution in [0.2, 0.25) is 0 Å². The van der Waals surface area contributed by atoms with Crippen molar-refractivity contribution in [3.8, 4) is 0 Å². The first-order valence-electron chi connectivity index (χ1n) is 4.22. The van der Waals surface area contributed by atoms with E-state index in [1.54, 1.807) is 0 Å². The van der Waals surface area contributed by atoms with E-state index in [2.05, 4.69) is 36.3 Å². The molecular formula is C9H17N3. The molecule has 1 unspecified atom stereocenters. The lowest BCUT2D eigenvalue weighted by atomic mass is 10.1. The summed E-state index contributed by atoms with van der Waals surface area (Å²) >= 11 is 0. The minimum atomic E-state index is 0.427. The van der Waals surface area contributed by atoms with Gasteiger partial charge in [-0.1, -0.05) is 6.08 Å². The highest BCUT2D eigenvalue weighted by molar-refractivity contribution is 5.29. The molecule has 0 aromatic rings. The van der Waals surface area contributed by atoms with Crippen molar-refractivity contribution < 1.29 is 0 Å². The predicted molar refractivity (Wildman–Crippen MR) is 51.5 cm³/mol. The summed E-state index contributed by atoms with van der Waals surface area (Å²) in [5.74, 6) is 1.13. The lowest BCUT2D eigenvalue weighted by Crippen LogP contribution is -2.35. The molecule has 1 rings (SSSR count). The highest BCUT2D eigenvalue weighted by Crippen LogP contribution is 2.15. The average Bonchev–Trinajstić information content (AvgIpc) is 2.09. The van der Waals surface area contributed by atoms with Gasteiger partial charge in [0.05, 0.1) is 0 Å². The SMILES string of the molecule is CNC1=CC(CN)=CC(C)N1C. The van der Waals surface area contributed by atoms with Gasteiger partial charge in [-0.3, -0.25) is 0 Å². The molecule has 1 atom stereocenters. The Morgan fingerprint density at radius 1 is 1.67 bits per heavy atom. The van der Waals surface area contributed by atoms with Crippen LogP contribution >= 0.6 is 0 Å². The number of nitrogens with one attached hydrogen (secondary N) is 1. The lowest BCUT2D eigenvalue weighted by molar-refractivity contribution is 0.344. The third kappa shape index (κ3) is 1.61. The lowest BCUT2D eigenvalue weighted by Gasteiger charge is -2.31. The van der Waals surface area contributed by atoms with Crippen molar-refractivity contribution in [3.63, 3.8) is 0 Å². The Bertz CT molecular complexity index is 218. The summed E-state index contributed by atoms with van der Waals surface area (Å²) < 4.78 is 0. The molecule has 0 spiro atoms. The molecule has 3 heteroatoms. The Morgan fingerprint density at radius 2 is 2.33 bits per heavy atom. The summed E-state index contributed by atoms with van der Waals surface area (Å²) in [4.78, 5) is 2.18. The van der Waals surface area contributed by atoms with Crippen LogP contribution in [0.4, 0.5) is 0 Å². The summed E-state index contributed by atoms with van der Waals surface area (Å²) in [7, 11) is 3.99.